The number of ether oxygens (including phenoxy) is 1. The minimum absolute atomic E-state index is 0.471. The van der Waals surface area contributed by atoms with Gasteiger partial charge in [-0.25, -0.2) is 9.79 Å². The van der Waals surface area contributed by atoms with Crippen molar-refractivity contribution in [2.75, 3.05) is 45.2 Å². The molecule has 30 heavy (non-hydrogen) atoms. The first-order valence-corrected chi connectivity index (χ1v) is 10.4. The Labute approximate surface area is 178 Å². The quantitative estimate of drug-likeness (QED) is 0.567. The molecule has 0 atom stereocenters. The van der Waals surface area contributed by atoms with E-state index in [-0.39, 0.29) is 0 Å². The van der Waals surface area contributed by atoms with Gasteiger partial charge in [0.15, 0.2) is 5.96 Å². The third kappa shape index (κ3) is 6.49. The molecule has 1 fully saturated rings. The maximum absolute atomic E-state index is 11.3. The van der Waals surface area contributed by atoms with Gasteiger partial charge in [0.1, 0.15) is 0 Å². The number of nitrogens with zero attached hydrogens (tertiary/aromatic N) is 3. The first-order chi connectivity index (χ1) is 14.7. The molecule has 1 aliphatic heterocycles. The normalized spacial score (nSPS) is 15.0. The van der Waals surface area contributed by atoms with Gasteiger partial charge in [-0.3, -0.25) is 10.2 Å². The second kappa shape index (κ2) is 11.2. The van der Waals surface area contributed by atoms with Crippen molar-refractivity contribution in [2.45, 2.75) is 20.0 Å². The highest BCUT2D eigenvalue weighted by Gasteiger charge is 2.19. The number of benzene rings is 2. The van der Waals surface area contributed by atoms with E-state index >= 15 is 0 Å². The number of anilines is 1. The van der Waals surface area contributed by atoms with E-state index in [9.17, 15) is 4.79 Å². The lowest BCUT2D eigenvalue weighted by molar-refractivity contribution is 0.172. The second-order valence-electron chi connectivity index (χ2n) is 7.23. The van der Waals surface area contributed by atoms with Crippen LogP contribution in [0.25, 0.3) is 0 Å². The molecule has 3 rings (SSSR count). The lowest BCUT2D eigenvalue weighted by Gasteiger charge is -2.36. The zero-order valence-corrected chi connectivity index (χ0v) is 17.8. The Kier molecular flexibility index (Phi) is 8.09. The molecule has 0 bridgehead atoms. The van der Waals surface area contributed by atoms with Gasteiger partial charge in [-0.1, -0.05) is 42.5 Å². The molecule has 0 aromatic heterocycles. The molecule has 160 valence electrons. The summed E-state index contributed by atoms with van der Waals surface area (Å²) in [4.78, 5) is 20.9. The first kappa shape index (κ1) is 21.6. The van der Waals surface area contributed by atoms with E-state index in [0.29, 0.717) is 12.2 Å². The van der Waals surface area contributed by atoms with Gasteiger partial charge in [0.25, 0.3) is 0 Å². The summed E-state index contributed by atoms with van der Waals surface area (Å²) >= 11 is 0. The zero-order chi connectivity index (χ0) is 21.2. The molecule has 0 saturated carbocycles. The number of nitrogens with one attached hydrogen (secondary N) is 2. The Morgan fingerprint density at radius 3 is 2.33 bits per heavy atom. The Balaban J connectivity index is 1.54. The van der Waals surface area contributed by atoms with Gasteiger partial charge in [-0.15, -0.1) is 0 Å². The summed E-state index contributed by atoms with van der Waals surface area (Å²) in [5.41, 5.74) is 3.15. The van der Waals surface area contributed by atoms with Gasteiger partial charge >= 0.3 is 6.09 Å². The summed E-state index contributed by atoms with van der Waals surface area (Å²) < 4.78 is 4.61. The second-order valence-corrected chi connectivity index (χ2v) is 7.23. The van der Waals surface area contributed by atoms with Crippen LogP contribution in [-0.4, -0.2) is 61.7 Å². The number of carbonyl (C=O) groups is 1. The van der Waals surface area contributed by atoms with E-state index in [0.717, 1.165) is 50.8 Å². The van der Waals surface area contributed by atoms with Crippen LogP contribution in [-0.2, 0) is 17.8 Å². The molecule has 1 saturated heterocycles. The maximum Gasteiger partial charge on any atom is 0.411 e. The fourth-order valence-corrected chi connectivity index (χ4v) is 3.41. The fraction of sp³-hybridized carbons (Fsp3) is 0.391. The van der Waals surface area contributed by atoms with Crippen LogP contribution in [0.5, 0.6) is 0 Å². The number of rotatable bonds is 6. The van der Waals surface area contributed by atoms with Crippen LogP contribution in [0.1, 0.15) is 18.1 Å². The highest BCUT2D eigenvalue weighted by atomic mass is 16.5. The topological polar surface area (TPSA) is 69.2 Å². The number of methoxy groups -OCH3 is 1. The highest BCUT2D eigenvalue weighted by Crippen LogP contribution is 2.12. The van der Waals surface area contributed by atoms with Gasteiger partial charge in [0.05, 0.1) is 13.7 Å². The molecule has 2 aromatic rings. The predicted molar refractivity (Wildman–Crippen MR) is 121 cm³/mol. The van der Waals surface area contributed by atoms with Crippen LogP contribution in [0, 0.1) is 0 Å². The van der Waals surface area contributed by atoms with E-state index in [1.165, 1.54) is 12.7 Å². The van der Waals surface area contributed by atoms with Gasteiger partial charge in [-0.05, 0) is 30.2 Å². The fourth-order valence-electron chi connectivity index (χ4n) is 3.41. The van der Waals surface area contributed by atoms with E-state index in [1.807, 2.05) is 24.3 Å². The molecular weight excluding hydrogens is 378 g/mol. The molecule has 1 heterocycles. The van der Waals surface area contributed by atoms with Crippen LogP contribution in [0.4, 0.5) is 10.5 Å². The molecule has 0 aliphatic carbocycles. The van der Waals surface area contributed by atoms with Crippen molar-refractivity contribution in [2.24, 2.45) is 4.99 Å². The summed E-state index contributed by atoms with van der Waals surface area (Å²) in [7, 11) is 1.35. The van der Waals surface area contributed by atoms with Crippen LogP contribution in [0.2, 0.25) is 0 Å². The van der Waals surface area contributed by atoms with Crippen molar-refractivity contribution in [3.05, 3.63) is 65.7 Å². The third-order valence-corrected chi connectivity index (χ3v) is 5.05. The lowest BCUT2D eigenvalue weighted by Crippen LogP contribution is -2.52. The number of guanidine groups is 1. The minimum Gasteiger partial charge on any atom is -0.453 e. The standard InChI is InChI=1S/C23H31N5O2/c1-3-24-22(25-17-19-9-11-21(12-10-19)26-23(29)30-2)28-15-13-27(14-16-28)18-20-7-5-4-6-8-20/h4-12H,3,13-18H2,1-2H3,(H,24,25)(H,26,29). The summed E-state index contributed by atoms with van der Waals surface area (Å²) in [6.07, 6.45) is -0.471. The van der Waals surface area contributed by atoms with Crippen LogP contribution >= 0.6 is 0 Å². The van der Waals surface area contributed by atoms with Gasteiger partial charge in [0, 0.05) is 45.0 Å². The van der Waals surface area contributed by atoms with Gasteiger partial charge < -0.3 is 15.0 Å². The van der Waals surface area contributed by atoms with E-state index in [1.54, 1.807) is 0 Å². The number of aliphatic imine (C=N–C) groups is 1. The van der Waals surface area contributed by atoms with Crippen LogP contribution in [0.15, 0.2) is 59.6 Å². The minimum atomic E-state index is -0.471. The number of carbonyl (C=O) groups excluding carboxylic acids is 1. The highest BCUT2D eigenvalue weighted by molar-refractivity contribution is 5.84. The van der Waals surface area contributed by atoms with Crippen molar-refractivity contribution in [1.82, 2.24) is 15.1 Å². The maximum atomic E-state index is 11.3. The average molecular weight is 410 g/mol. The molecular formula is C23H31N5O2. The largest absolute Gasteiger partial charge is 0.453 e. The molecule has 0 radical (unpaired) electrons. The Hall–Kier alpha value is -3.06. The molecule has 2 aromatic carbocycles. The van der Waals surface area contributed by atoms with Crippen molar-refractivity contribution >= 4 is 17.7 Å². The summed E-state index contributed by atoms with van der Waals surface area (Å²) in [6, 6.07) is 18.3. The number of hydrogen-bond acceptors (Lipinski definition) is 4. The van der Waals surface area contributed by atoms with Crippen LogP contribution in [0.3, 0.4) is 0 Å². The molecule has 7 heteroatoms. The molecule has 2 N–H and O–H groups in total. The van der Waals surface area contributed by atoms with Gasteiger partial charge in [0.2, 0.25) is 0 Å². The summed E-state index contributed by atoms with van der Waals surface area (Å²) in [5, 5.41) is 6.07. The SMILES string of the molecule is CCNC(=NCc1ccc(NC(=O)OC)cc1)N1CCN(Cc2ccccc2)CC1. The van der Waals surface area contributed by atoms with Crippen molar-refractivity contribution < 1.29 is 9.53 Å². The summed E-state index contributed by atoms with van der Waals surface area (Å²) in [6.45, 7) is 8.47. The number of hydrogen-bond donors (Lipinski definition) is 2. The monoisotopic (exact) mass is 409 g/mol. The molecule has 1 aliphatic rings. The van der Waals surface area contributed by atoms with Gasteiger partial charge in [-0.2, -0.15) is 0 Å². The van der Waals surface area contributed by atoms with Crippen molar-refractivity contribution in [3.8, 4) is 0 Å². The molecule has 7 nitrogen and oxygen atoms in total. The Morgan fingerprint density at radius 2 is 1.70 bits per heavy atom. The summed E-state index contributed by atoms with van der Waals surface area (Å²) in [5.74, 6) is 0.952. The van der Waals surface area contributed by atoms with Crippen molar-refractivity contribution in [1.29, 1.82) is 0 Å². The zero-order valence-electron chi connectivity index (χ0n) is 17.8. The van der Waals surface area contributed by atoms with E-state index < -0.39 is 6.09 Å². The Bertz CT molecular complexity index is 815. The van der Waals surface area contributed by atoms with Crippen molar-refractivity contribution in [3.63, 3.8) is 0 Å². The number of amides is 1. The predicted octanol–water partition coefficient (Wildman–Crippen LogP) is 3.15. The first-order valence-electron chi connectivity index (χ1n) is 10.4. The third-order valence-electron chi connectivity index (χ3n) is 5.05. The van der Waals surface area contributed by atoms with E-state index in [2.05, 4.69) is 62.4 Å². The molecule has 1 amide bonds. The van der Waals surface area contributed by atoms with E-state index in [4.69, 9.17) is 4.99 Å². The molecule has 0 unspecified atom stereocenters. The smallest absolute Gasteiger partial charge is 0.411 e. The average Bonchev–Trinajstić information content (AvgIpc) is 2.79. The lowest BCUT2D eigenvalue weighted by atomic mass is 10.2. The molecule has 0 spiro atoms. The Morgan fingerprint density at radius 1 is 1.00 bits per heavy atom. The van der Waals surface area contributed by atoms with Crippen LogP contribution < -0.4 is 10.6 Å². The number of piperazine rings is 1.